The molecule has 1 heterocycles. The van der Waals surface area contributed by atoms with Crippen LogP contribution in [0.4, 0.5) is 5.69 Å². The van der Waals surface area contributed by atoms with E-state index in [1.807, 2.05) is 35.6 Å². The second kappa shape index (κ2) is 5.73. The first-order valence-corrected chi connectivity index (χ1v) is 6.59. The Balaban J connectivity index is 1.91. The minimum atomic E-state index is 0.432. The Morgan fingerprint density at radius 2 is 2.00 bits per heavy atom. The minimum absolute atomic E-state index is 0.432. The summed E-state index contributed by atoms with van der Waals surface area (Å²) >= 11 is 1.81. The fraction of sp³-hybridized carbons (Fsp3) is 0.286. The summed E-state index contributed by atoms with van der Waals surface area (Å²) in [6.45, 7) is 2.20. The predicted molar refractivity (Wildman–Crippen MR) is 74.1 cm³/mol. The molecule has 0 aliphatic rings. The molecule has 1 aromatic heterocycles. The van der Waals surface area contributed by atoms with E-state index in [-0.39, 0.29) is 0 Å². The van der Waals surface area contributed by atoms with Crippen molar-refractivity contribution in [1.29, 1.82) is 0 Å². The van der Waals surface area contributed by atoms with Crippen LogP contribution in [0.25, 0.3) is 0 Å². The van der Waals surface area contributed by atoms with E-state index in [1.165, 1.54) is 4.88 Å². The Morgan fingerprint density at radius 1 is 1.24 bits per heavy atom. The molecule has 0 spiro atoms. The van der Waals surface area contributed by atoms with Crippen LogP contribution in [-0.2, 0) is 6.42 Å². The van der Waals surface area contributed by atoms with E-state index in [1.54, 1.807) is 7.11 Å². The monoisotopic (exact) mass is 247 g/mol. The highest BCUT2D eigenvalue weighted by Crippen LogP contribution is 2.17. The zero-order valence-electron chi connectivity index (χ0n) is 10.1. The molecule has 3 heteroatoms. The number of anilines is 1. The van der Waals surface area contributed by atoms with Crippen LogP contribution in [0.1, 0.15) is 11.8 Å². The van der Waals surface area contributed by atoms with Crippen LogP contribution in [0, 0.1) is 0 Å². The number of hydrogen-bond donors (Lipinski definition) is 1. The third-order valence-electron chi connectivity index (χ3n) is 2.59. The summed E-state index contributed by atoms with van der Waals surface area (Å²) in [6, 6.07) is 12.7. The zero-order valence-corrected chi connectivity index (χ0v) is 11.0. The van der Waals surface area contributed by atoms with Crippen molar-refractivity contribution in [3.8, 4) is 5.75 Å². The van der Waals surface area contributed by atoms with Crippen molar-refractivity contribution in [3.63, 3.8) is 0 Å². The van der Waals surface area contributed by atoms with E-state index >= 15 is 0 Å². The molecule has 1 N–H and O–H groups in total. The largest absolute Gasteiger partial charge is 0.497 e. The summed E-state index contributed by atoms with van der Waals surface area (Å²) in [5.41, 5.74) is 1.13. The molecule has 1 unspecified atom stereocenters. The lowest BCUT2D eigenvalue weighted by molar-refractivity contribution is 0.415. The number of thiophene rings is 1. The molecule has 0 saturated carbocycles. The normalized spacial score (nSPS) is 12.1. The molecule has 0 saturated heterocycles. The van der Waals surface area contributed by atoms with Crippen molar-refractivity contribution in [3.05, 3.63) is 46.7 Å². The van der Waals surface area contributed by atoms with Gasteiger partial charge in [-0.2, -0.15) is 0 Å². The Hall–Kier alpha value is -1.48. The molecular formula is C14H17NOS. The van der Waals surface area contributed by atoms with Crippen molar-refractivity contribution in [2.75, 3.05) is 12.4 Å². The van der Waals surface area contributed by atoms with Crippen LogP contribution >= 0.6 is 11.3 Å². The topological polar surface area (TPSA) is 21.3 Å². The van der Waals surface area contributed by atoms with Gasteiger partial charge >= 0.3 is 0 Å². The molecule has 0 aliphatic heterocycles. The summed E-state index contributed by atoms with van der Waals surface area (Å²) in [5.74, 6) is 0.890. The molecule has 1 atom stereocenters. The van der Waals surface area contributed by atoms with Gasteiger partial charge in [-0.25, -0.2) is 0 Å². The van der Waals surface area contributed by atoms with Crippen molar-refractivity contribution in [2.24, 2.45) is 0 Å². The van der Waals surface area contributed by atoms with Gasteiger partial charge in [0.2, 0.25) is 0 Å². The van der Waals surface area contributed by atoms with Gasteiger partial charge in [0.05, 0.1) is 7.11 Å². The summed E-state index contributed by atoms with van der Waals surface area (Å²) in [4.78, 5) is 1.42. The highest BCUT2D eigenvalue weighted by Gasteiger charge is 2.04. The van der Waals surface area contributed by atoms with Crippen molar-refractivity contribution in [1.82, 2.24) is 0 Å². The highest BCUT2D eigenvalue weighted by atomic mass is 32.1. The Morgan fingerprint density at radius 3 is 2.59 bits per heavy atom. The maximum atomic E-state index is 5.13. The van der Waals surface area contributed by atoms with Gasteiger partial charge in [0.1, 0.15) is 5.75 Å². The Labute approximate surface area is 106 Å². The smallest absolute Gasteiger partial charge is 0.119 e. The molecule has 0 aliphatic carbocycles. The van der Waals surface area contributed by atoms with Gasteiger partial charge in [-0.05, 0) is 42.6 Å². The SMILES string of the molecule is COc1ccc(NC(C)Cc2cccs2)cc1. The molecule has 0 radical (unpaired) electrons. The maximum absolute atomic E-state index is 5.13. The molecule has 0 fully saturated rings. The average Bonchev–Trinajstić information content (AvgIpc) is 2.82. The number of benzene rings is 1. The maximum Gasteiger partial charge on any atom is 0.119 e. The van der Waals surface area contributed by atoms with Crippen molar-refractivity contribution in [2.45, 2.75) is 19.4 Å². The summed E-state index contributed by atoms with van der Waals surface area (Å²) in [6.07, 6.45) is 1.06. The summed E-state index contributed by atoms with van der Waals surface area (Å²) in [7, 11) is 1.68. The van der Waals surface area contributed by atoms with Gasteiger partial charge in [0, 0.05) is 23.0 Å². The van der Waals surface area contributed by atoms with E-state index in [4.69, 9.17) is 4.74 Å². The van der Waals surface area contributed by atoms with Crippen LogP contribution in [0.5, 0.6) is 5.75 Å². The van der Waals surface area contributed by atoms with Crippen molar-refractivity contribution < 1.29 is 4.74 Å². The Bertz CT molecular complexity index is 436. The van der Waals surface area contributed by atoms with Crippen LogP contribution in [0.2, 0.25) is 0 Å². The fourth-order valence-electron chi connectivity index (χ4n) is 1.75. The standard InChI is InChI=1S/C14H17NOS/c1-11(10-14-4-3-9-17-14)15-12-5-7-13(16-2)8-6-12/h3-9,11,15H,10H2,1-2H3. The first kappa shape index (κ1) is 12.0. The first-order chi connectivity index (χ1) is 8.28. The summed E-state index contributed by atoms with van der Waals surface area (Å²) < 4.78 is 5.13. The quantitative estimate of drug-likeness (QED) is 0.867. The molecule has 2 rings (SSSR count). The van der Waals surface area contributed by atoms with E-state index in [0.717, 1.165) is 17.9 Å². The number of hydrogen-bond acceptors (Lipinski definition) is 3. The van der Waals surface area contributed by atoms with Crippen LogP contribution < -0.4 is 10.1 Å². The van der Waals surface area contributed by atoms with Gasteiger partial charge in [-0.3, -0.25) is 0 Å². The molecule has 17 heavy (non-hydrogen) atoms. The molecule has 1 aromatic carbocycles. The second-order valence-electron chi connectivity index (χ2n) is 4.06. The van der Waals surface area contributed by atoms with Gasteiger partial charge in [-0.15, -0.1) is 11.3 Å². The first-order valence-electron chi connectivity index (χ1n) is 5.71. The predicted octanol–water partition coefficient (Wildman–Crippen LogP) is 3.80. The lowest BCUT2D eigenvalue weighted by atomic mass is 10.2. The van der Waals surface area contributed by atoms with Gasteiger partial charge < -0.3 is 10.1 Å². The van der Waals surface area contributed by atoms with Gasteiger partial charge in [-0.1, -0.05) is 6.07 Å². The van der Waals surface area contributed by atoms with E-state index in [9.17, 15) is 0 Å². The molecule has 2 nitrogen and oxygen atoms in total. The third-order valence-corrected chi connectivity index (χ3v) is 3.49. The third kappa shape index (κ3) is 3.49. The fourth-order valence-corrected chi connectivity index (χ4v) is 2.59. The van der Waals surface area contributed by atoms with Crippen molar-refractivity contribution >= 4 is 17.0 Å². The summed E-state index contributed by atoms with van der Waals surface area (Å²) in [5, 5.41) is 5.60. The van der Waals surface area contributed by atoms with E-state index in [0.29, 0.717) is 6.04 Å². The van der Waals surface area contributed by atoms with Gasteiger partial charge in [0.25, 0.3) is 0 Å². The zero-order chi connectivity index (χ0) is 12.1. The highest BCUT2D eigenvalue weighted by molar-refractivity contribution is 7.09. The second-order valence-corrected chi connectivity index (χ2v) is 5.09. The Kier molecular flexibility index (Phi) is 4.04. The molecular weight excluding hydrogens is 230 g/mol. The van der Waals surface area contributed by atoms with E-state index in [2.05, 4.69) is 29.8 Å². The minimum Gasteiger partial charge on any atom is -0.497 e. The molecule has 0 amide bonds. The lowest BCUT2D eigenvalue weighted by Crippen LogP contribution is -2.17. The number of nitrogens with one attached hydrogen (secondary N) is 1. The average molecular weight is 247 g/mol. The van der Waals surface area contributed by atoms with Crippen LogP contribution in [0.15, 0.2) is 41.8 Å². The van der Waals surface area contributed by atoms with Crippen LogP contribution in [0.3, 0.4) is 0 Å². The number of rotatable bonds is 5. The van der Waals surface area contributed by atoms with E-state index < -0.39 is 0 Å². The molecule has 90 valence electrons. The van der Waals surface area contributed by atoms with Gasteiger partial charge in [0.15, 0.2) is 0 Å². The lowest BCUT2D eigenvalue weighted by Gasteiger charge is -2.14. The molecule has 0 bridgehead atoms. The molecule has 2 aromatic rings. The number of ether oxygens (including phenoxy) is 1. The van der Waals surface area contributed by atoms with Crippen LogP contribution in [-0.4, -0.2) is 13.2 Å². The number of methoxy groups -OCH3 is 1.